The van der Waals surface area contributed by atoms with Gasteiger partial charge in [-0.25, -0.2) is 4.98 Å². The molecule has 6 heteroatoms. The lowest BCUT2D eigenvalue weighted by Crippen LogP contribution is -2.36. The molecule has 0 aliphatic heterocycles. The molecule has 3 nitrogen and oxygen atoms in total. The van der Waals surface area contributed by atoms with E-state index in [1.54, 1.807) is 12.3 Å². The van der Waals surface area contributed by atoms with Crippen LogP contribution in [0.1, 0.15) is 32.3 Å². The van der Waals surface area contributed by atoms with Crippen LogP contribution in [0, 0.1) is 5.92 Å². The number of hydrogen-bond acceptors (Lipinski definition) is 3. The van der Waals surface area contributed by atoms with Crippen molar-refractivity contribution < 1.29 is 13.2 Å². The Kier molecular flexibility index (Phi) is 5.08. The largest absolute Gasteiger partial charge is 0.405 e. The van der Waals surface area contributed by atoms with Crippen molar-refractivity contribution in [3.63, 3.8) is 0 Å². The molecule has 1 N–H and O–H groups in total. The van der Waals surface area contributed by atoms with Crippen LogP contribution in [0.5, 0.6) is 0 Å². The molecule has 1 aromatic rings. The van der Waals surface area contributed by atoms with Gasteiger partial charge in [0.2, 0.25) is 0 Å². The van der Waals surface area contributed by atoms with Gasteiger partial charge in [-0.05, 0) is 43.0 Å². The monoisotopic (exact) mass is 301 g/mol. The lowest BCUT2D eigenvalue weighted by Gasteiger charge is -2.25. The summed E-state index contributed by atoms with van der Waals surface area (Å²) in [4.78, 5) is 5.51. The molecule has 2 rings (SSSR count). The molecule has 0 bridgehead atoms. The number of pyridine rings is 1. The summed E-state index contributed by atoms with van der Waals surface area (Å²) < 4.78 is 38.1. The van der Waals surface area contributed by atoms with Crippen molar-refractivity contribution in [2.75, 3.05) is 18.0 Å². The van der Waals surface area contributed by atoms with E-state index in [1.807, 2.05) is 6.07 Å². The number of halogens is 3. The fourth-order valence-electron chi connectivity index (χ4n) is 2.21. The number of nitrogens with one attached hydrogen (secondary N) is 1. The summed E-state index contributed by atoms with van der Waals surface area (Å²) >= 11 is 0. The predicted octanol–water partition coefficient (Wildman–Crippen LogP) is 3.36. The van der Waals surface area contributed by atoms with Gasteiger partial charge in [-0.15, -0.1) is 0 Å². The number of nitrogens with zero attached hydrogens (tertiary/aromatic N) is 2. The van der Waals surface area contributed by atoms with E-state index in [0.717, 1.165) is 24.9 Å². The predicted molar refractivity (Wildman–Crippen MR) is 77.2 cm³/mol. The topological polar surface area (TPSA) is 28.2 Å². The molecule has 21 heavy (non-hydrogen) atoms. The normalized spacial score (nSPS) is 15.5. The van der Waals surface area contributed by atoms with E-state index >= 15 is 0 Å². The van der Waals surface area contributed by atoms with Gasteiger partial charge in [-0.2, -0.15) is 13.2 Å². The summed E-state index contributed by atoms with van der Waals surface area (Å²) in [6.45, 7) is 4.84. The minimum absolute atomic E-state index is 0.0157. The van der Waals surface area contributed by atoms with E-state index in [2.05, 4.69) is 24.1 Å². The van der Waals surface area contributed by atoms with Crippen LogP contribution < -0.4 is 10.2 Å². The molecule has 0 amide bonds. The van der Waals surface area contributed by atoms with Crippen molar-refractivity contribution in [3.05, 3.63) is 23.9 Å². The highest BCUT2D eigenvalue weighted by Gasteiger charge is 2.38. The second-order valence-corrected chi connectivity index (χ2v) is 6.02. The number of rotatable bonds is 7. The number of hydrogen-bond donors (Lipinski definition) is 1. The average molecular weight is 301 g/mol. The van der Waals surface area contributed by atoms with Crippen LogP contribution in [0.2, 0.25) is 0 Å². The van der Waals surface area contributed by atoms with Crippen LogP contribution in [0.4, 0.5) is 19.0 Å². The first kappa shape index (κ1) is 16.1. The Bertz CT molecular complexity index is 456. The Morgan fingerprint density at radius 3 is 2.67 bits per heavy atom. The maximum atomic E-state index is 12.7. The molecule has 0 spiro atoms. The average Bonchev–Trinajstić information content (AvgIpc) is 3.19. The molecule has 0 aromatic carbocycles. The molecule has 0 unspecified atom stereocenters. The van der Waals surface area contributed by atoms with Gasteiger partial charge in [0.15, 0.2) is 0 Å². The number of aromatic nitrogens is 1. The summed E-state index contributed by atoms with van der Waals surface area (Å²) in [5.74, 6) is 0.971. The first-order valence-electron chi connectivity index (χ1n) is 7.34. The van der Waals surface area contributed by atoms with Gasteiger partial charge in [0, 0.05) is 18.8 Å². The molecule has 0 atom stereocenters. The zero-order valence-corrected chi connectivity index (χ0v) is 12.5. The smallest absolute Gasteiger partial charge is 0.345 e. The first-order valence-corrected chi connectivity index (χ1v) is 7.34. The van der Waals surface area contributed by atoms with Crippen molar-refractivity contribution >= 4 is 5.82 Å². The zero-order valence-electron chi connectivity index (χ0n) is 12.5. The molecular weight excluding hydrogens is 279 g/mol. The van der Waals surface area contributed by atoms with Gasteiger partial charge in [-0.3, -0.25) is 0 Å². The van der Waals surface area contributed by atoms with Gasteiger partial charge in [0.1, 0.15) is 12.4 Å². The summed E-state index contributed by atoms with van der Waals surface area (Å²) in [5, 5.41) is 3.29. The van der Waals surface area contributed by atoms with Crippen molar-refractivity contribution in [1.29, 1.82) is 0 Å². The fraction of sp³-hybridized carbons (Fsp3) is 0.667. The molecule has 1 fully saturated rings. The van der Waals surface area contributed by atoms with E-state index in [1.165, 1.54) is 4.90 Å². The lowest BCUT2D eigenvalue weighted by atomic mass is 10.2. The van der Waals surface area contributed by atoms with Gasteiger partial charge in [-0.1, -0.05) is 13.8 Å². The SMILES string of the molecule is CC(C)CNCc1ccnc(N(CC(F)(F)F)C2CC2)c1. The molecule has 1 aliphatic rings. The highest BCUT2D eigenvalue weighted by atomic mass is 19.4. The maximum Gasteiger partial charge on any atom is 0.405 e. The quantitative estimate of drug-likeness (QED) is 0.837. The highest BCUT2D eigenvalue weighted by Crippen LogP contribution is 2.33. The third-order valence-corrected chi connectivity index (χ3v) is 3.32. The standard InChI is InChI=1S/C15H22F3N3/c1-11(2)8-19-9-12-5-6-20-14(7-12)21(13-3-4-13)10-15(16,17)18/h5-7,11,13,19H,3-4,8-10H2,1-2H3. The third kappa shape index (κ3) is 5.53. The minimum Gasteiger partial charge on any atom is -0.345 e. The summed E-state index contributed by atoms with van der Waals surface area (Å²) in [5.41, 5.74) is 0.966. The van der Waals surface area contributed by atoms with E-state index in [9.17, 15) is 13.2 Å². The number of alkyl halides is 3. The minimum atomic E-state index is -4.20. The maximum absolute atomic E-state index is 12.7. The van der Waals surface area contributed by atoms with E-state index in [0.29, 0.717) is 18.3 Å². The number of anilines is 1. The Morgan fingerprint density at radius 1 is 1.38 bits per heavy atom. The molecule has 1 heterocycles. The van der Waals surface area contributed by atoms with Crippen molar-refractivity contribution in [1.82, 2.24) is 10.3 Å². The summed E-state index contributed by atoms with van der Waals surface area (Å²) in [6, 6.07) is 3.59. The van der Waals surface area contributed by atoms with E-state index in [4.69, 9.17) is 0 Å². The van der Waals surface area contributed by atoms with Crippen LogP contribution in [-0.4, -0.2) is 30.3 Å². The van der Waals surface area contributed by atoms with Gasteiger partial charge < -0.3 is 10.2 Å². The molecule has 1 aromatic heterocycles. The second-order valence-electron chi connectivity index (χ2n) is 6.02. The van der Waals surface area contributed by atoms with Crippen molar-refractivity contribution in [2.45, 2.75) is 45.5 Å². The lowest BCUT2D eigenvalue weighted by molar-refractivity contribution is -0.120. The summed E-state index contributed by atoms with van der Waals surface area (Å²) in [6.07, 6.45) is -0.981. The Labute approximate surface area is 123 Å². The van der Waals surface area contributed by atoms with E-state index < -0.39 is 12.7 Å². The fourth-order valence-corrected chi connectivity index (χ4v) is 2.21. The van der Waals surface area contributed by atoms with E-state index in [-0.39, 0.29) is 6.04 Å². The Morgan fingerprint density at radius 2 is 2.10 bits per heavy atom. The highest BCUT2D eigenvalue weighted by molar-refractivity contribution is 5.44. The zero-order chi connectivity index (χ0) is 15.5. The van der Waals surface area contributed by atoms with Crippen LogP contribution in [-0.2, 0) is 6.54 Å². The van der Waals surface area contributed by atoms with Gasteiger partial charge >= 0.3 is 6.18 Å². The van der Waals surface area contributed by atoms with Gasteiger partial charge in [0.05, 0.1) is 0 Å². The van der Waals surface area contributed by atoms with Crippen molar-refractivity contribution in [2.24, 2.45) is 5.92 Å². The molecule has 0 radical (unpaired) electrons. The molecule has 1 saturated carbocycles. The van der Waals surface area contributed by atoms with Gasteiger partial charge in [0.25, 0.3) is 0 Å². The van der Waals surface area contributed by atoms with Crippen molar-refractivity contribution in [3.8, 4) is 0 Å². The van der Waals surface area contributed by atoms with Crippen LogP contribution >= 0.6 is 0 Å². The molecule has 0 saturated heterocycles. The Balaban J connectivity index is 2.03. The second kappa shape index (κ2) is 6.64. The third-order valence-electron chi connectivity index (χ3n) is 3.32. The van der Waals surface area contributed by atoms with Crippen LogP contribution in [0.3, 0.4) is 0 Å². The van der Waals surface area contributed by atoms with Crippen LogP contribution in [0.25, 0.3) is 0 Å². The molecule has 118 valence electrons. The Hall–Kier alpha value is -1.30. The molecular formula is C15H22F3N3. The first-order chi connectivity index (χ1) is 9.85. The van der Waals surface area contributed by atoms with Crippen LogP contribution in [0.15, 0.2) is 18.3 Å². The molecule has 1 aliphatic carbocycles. The summed E-state index contributed by atoms with van der Waals surface area (Å²) in [7, 11) is 0.